The van der Waals surface area contributed by atoms with Gasteiger partial charge in [-0.25, -0.2) is 0 Å². The van der Waals surface area contributed by atoms with E-state index in [4.69, 9.17) is 0 Å². The van der Waals surface area contributed by atoms with E-state index in [0.29, 0.717) is 6.04 Å². The number of nitrogens with one attached hydrogen (secondary N) is 1. The smallest absolute Gasteiger partial charge is 0.233 e. The van der Waals surface area contributed by atoms with Gasteiger partial charge in [0.05, 0.1) is 5.25 Å². The third-order valence-electron chi connectivity index (χ3n) is 5.23. The highest BCUT2D eigenvalue weighted by Gasteiger charge is 2.27. The Hall–Kier alpha value is -2.60. The molecule has 1 atom stereocenters. The Morgan fingerprint density at radius 2 is 1.73 bits per heavy atom. The zero-order valence-corrected chi connectivity index (χ0v) is 18.7. The van der Waals surface area contributed by atoms with Crippen molar-refractivity contribution in [3.8, 4) is 17.1 Å². The first-order valence-corrected chi connectivity index (χ1v) is 11.3. The van der Waals surface area contributed by atoms with Gasteiger partial charge in [-0.3, -0.25) is 9.36 Å². The maximum Gasteiger partial charge on any atom is 0.233 e. The first kappa shape index (κ1) is 20.7. The highest BCUT2D eigenvalue weighted by Crippen LogP contribution is 2.32. The SMILES string of the molecule is CC(Sc1nnc(-c2ccc(C(C)(C)C)cc2)n1-c1ccccc1)C(=O)NC1CC1. The molecule has 0 bridgehead atoms. The number of rotatable bonds is 6. The number of para-hydroxylation sites is 1. The number of nitrogens with zero attached hydrogens (tertiary/aromatic N) is 3. The fourth-order valence-electron chi connectivity index (χ4n) is 3.22. The number of carbonyl (C=O) groups is 1. The predicted molar refractivity (Wildman–Crippen MR) is 122 cm³/mol. The van der Waals surface area contributed by atoms with Crippen molar-refractivity contribution >= 4 is 17.7 Å². The molecule has 1 unspecified atom stereocenters. The van der Waals surface area contributed by atoms with Crippen LogP contribution in [-0.4, -0.2) is 32.0 Å². The molecule has 1 heterocycles. The van der Waals surface area contributed by atoms with Crippen molar-refractivity contribution in [2.45, 2.75) is 62.4 Å². The Balaban J connectivity index is 1.68. The van der Waals surface area contributed by atoms with Crippen molar-refractivity contribution in [1.29, 1.82) is 0 Å². The van der Waals surface area contributed by atoms with Crippen molar-refractivity contribution in [2.75, 3.05) is 0 Å². The lowest BCUT2D eigenvalue weighted by Gasteiger charge is -2.19. The Labute approximate surface area is 182 Å². The van der Waals surface area contributed by atoms with Crippen LogP contribution in [0.5, 0.6) is 0 Å². The topological polar surface area (TPSA) is 59.8 Å². The zero-order valence-electron chi connectivity index (χ0n) is 17.9. The van der Waals surface area contributed by atoms with Crippen LogP contribution in [0.2, 0.25) is 0 Å². The number of benzene rings is 2. The lowest BCUT2D eigenvalue weighted by atomic mass is 9.87. The molecule has 4 rings (SSSR count). The van der Waals surface area contributed by atoms with Crippen LogP contribution in [0.3, 0.4) is 0 Å². The van der Waals surface area contributed by atoms with Gasteiger partial charge < -0.3 is 5.32 Å². The van der Waals surface area contributed by atoms with E-state index in [-0.39, 0.29) is 16.6 Å². The number of amides is 1. The predicted octanol–water partition coefficient (Wildman–Crippen LogP) is 4.99. The van der Waals surface area contributed by atoms with Crippen LogP contribution in [0.25, 0.3) is 17.1 Å². The van der Waals surface area contributed by atoms with Crippen LogP contribution in [0.4, 0.5) is 0 Å². The van der Waals surface area contributed by atoms with Crippen LogP contribution in [0.15, 0.2) is 59.8 Å². The van der Waals surface area contributed by atoms with Gasteiger partial charge in [-0.2, -0.15) is 0 Å². The summed E-state index contributed by atoms with van der Waals surface area (Å²) in [6, 6.07) is 18.9. The zero-order chi connectivity index (χ0) is 21.3. The van der Waals surface area contributed by atoms with Crippen LogP contribution in [0.1, 0.15) is 46.1 Å². The van der Waals surface area contributed by atoms with Gasteiger partial charge in [0.2, 0.25) is 5.91 Å². The molecule has 0 spiro atoms. The summed E-state index contributed by atoms with van der Waals surface area (Å²) in [5.41, 5.74) is 3.35. The van der Waals surface area contributed by atoms with Gasteiger partial charge in [0.25, 0.3) is 0 Å². The molecule has 6 heteroatoms. The van der Waals surface area contributed by atoms with Crippen LogP contribution >= 0.6 is 11.8 Å². The summed E-state index contributed by atoms with van der Waals surface area (Å²) in [6.07, 6.45) is 2.16. The molecule has 0 radical (unpaired) electrons. The van der Waals surface area contributed by atoms with Crippen LogP contribution in [0, 0.1) is 0 Å². The Bertz CT molecular complexity index is 1020. The molecular weight excluding hydrogens is 392 g/mol. The highest BCUT2D eigenvalue weighted by molar-refractivity contribution is 8.00. The second-order valence-electron chi connectivity index (χ2n) is 8.85. The molecule has 3 aromatic rings. The Morgan fingerprint density at radius 1 is 1.07 bits per heavy atom. The van der Waals surface area contributed by atoms with Crippen molar-refractivity contribution < 1.29 is 4.79 Å². The van der Waals surface area contributed by atoms with Gasteiger partial charge in [0, 0.05) is 17.3 Å². The minimum Gasteiger partial charge on any atom is -0.352 e. The highest BCUT2D eigenvalue weighted by atomic mass is 32.2. The summed E-state index contributed by atoms with van der Waals surface area (Å²) in [5.74, 6) is 0.833. The molecule has 156 valence electrons. The van der Waals surface area contributed by atoms with Gasteiger partial charge in [-0.05, 0) is 42.9 Å². The van der Waals surface area contributed by atoms with Crippen molar-refractivity contribution in [2.24, 2.45) is 0 Å². The average molecular weight is 421 g/mol. The summed E-state index contributed by atoms with van der Waals surface area (Å²) in [6.45, 7) is 8.54. The number of aromatic nitrogens is 3. The molecule has 30 heavy (non-hydrogen) atoms. The normalized spacial score (nSPS) is 15.1. The molecular formula is C24H28N4OS. The summed E-state index contributed by atoms with van der Waals surface area (Å²) in [7, 11) is 0. The monoisotopic (exact) mass is 420 g/mol. The maximum atomic E-state index is 12.5. The van der Waals surface area contributed by atoms with Gasteiger partial charge >= 0.3 is 0 Å². The van der Waals surface area contributed by atoms with Crippen LogP contribution < -0.4 is 5.32 Å². The van der Waals surface area contributed by atoms with E-state index < -0.39 is 0 Å². The molecule has 0 saturated heterocycles. The summed E-state index contributed by atoms with van der Waals surface area (Å²) in [5, 5.41) is 12.5. The van der Waals surface area contributed by atoms with Gasteiger partial charge in [0.15, 0.2) is 11.0 Å². The Morgan fingerprint density at radius 3 is 2.33 bits per heavy atom. The summed E-state index contributed by atoms with van der Waals surface area (Å²) < 4.78 is 2.04. The molecule has 5 nitrogen and oxygen atoms in total. The molecule has 1 saturated carbocycles. The molecule has 1 fully saturated rings. The minimum absolute atomic E-state index is 0.0567. The van der Waals surface area contributed by atoms with E-state index in [1.54, 1.807) is 0 Å². The van der Waals surface area contributed by atoms with E-state index in [1.807, 2.05) is 41.8 Å². The van der Waals surface area contributed by atoms with Gasteiger partial charge in [-0.1, -0.05) is 75.0 Å². The fraction of sp³-hybridized carbons (Fsp3) is 0.375. The first-order valence-electron chi connectivity index (χ1n) is 10.4. The molecule has 1 aromatic heterocycles. The fourth-order valence-corrected chi connectivity index (χ4v) is 4.10. The van der Waals surface area contributed by atoms with Gasteiger partial charge in [0.1, 0.15) is 0 Å². The second-order valence-corrected chi connectivity index (χ2v) is 10.2. The quantitative estimate of drug-likeness (QED) is 0.571. The van der Waals surface area contributed by atoms with Gasteiger partial charge in [-0.15, -0.1) is 10.2 Å². The van der Waals surface area contributed by atoms with Crippen molar-refractivity contribution in [3.63, 3.8) is 0 Å². The number of hydrogen-bond acceptors (Lipinski definition) is 4. The van der Waals surface area contributed by atoms with Crippen LogP contribution in [-0.2, 0) is 10.2 Å². The number of thioether (sulfide) groups is 1. The third kappa shape index (κ3) is 4.59. The molecule has 1 amide bonds. The summed E-state index contributed by atoms with van der Waals surface area (Å²) in [4.78, 5) is 12.5. The van der Waals surface area contributed by atoms with E-state index in [0.717, 1.165) is 35.1 Å². The van der Waals surface area contributed by atoms with E-state index >= 15 is 0 Å². The third-order valence-corrected chi connectivity index (χ3v) is 6.27. The van der Waals surface area contributed by atoms with E-state index in [9.17, 15) is 4.79 Å². The number of carbonyl (C=O) groups excluding carboxylic acids is 1. The molecule has 1 N–H and O–H groups in total. The maximum absolute atomic E-state index is 12.5. The van der Waals surface area contributed by atoms with Crippen molar-refractivity contribution in [3.05, 3.63) is 60.2 Å². The standard InChI is InChI=1S/C24H28N4OS/c1-16(22(29)25-19-14-15-19)30-23-27-26-21(28(23)20-8-6-5-7-9-20)17-10-12-18(13-11-17)24(2,3)4/h5-13,16,19H,14-15H2,1-4H3,(H,25,29). The second kappa shape index (κ2) is 8.26. The minimum atomic E-state index is -0.242. The molecule has 1 aliphatic rings. The molecule has 0 aliphatic heterocycles. The first-order chi connectivity index (χ1) is 14.3. The lowest BCUT2D eigenvalue weighted by Crippen LogP contribution is -2.32. The lowest BCUT2D eigenvalue weighted by molar-refractivity contribution is -0.120. The average Bonchev–Trinajstić information content (AvgIpc) is 3.45. The largest absolute Gasteiger partial charge is 0.352 e. The molecule has 1 aliphatic carbocycles. The summed E-state index contributed by atoms with van der Waals surface area (Å²) >= 11 is 1.44. The van der Waals surface area contributed by atoms with E-state index in [2.05, 4.69) is 60.6 Å². The van der Waals surface area contributed by atoms with E-state index in [1.165, 1.54) is 17.3 Å². The molecule has 2 aromatic carbocycles. The van der Waals surface area contributed by atoms with Crippen molar-refractivity contribution in [1.82, 2.24) is 20.1 Å². The number of hydrogen-bond donors (Lipinski definition) is 1. The Kier molecular flexibility index (Phi) is 5.69.